The molecular formula is C16H20N2O2. The fraction of sp³-hybridized carbons (Fsp3) is 0.438. The van der Waals surface area contributed by atoms with E-state index in [9.17, 15) is 9.90 Å². The number of carbonyl (C=O) groups excluding carboxylic acids is 1. The lowest BCUT2D eigenvalue weighted by Crippen LogP contribution is -2.45. The summed E-state index contributed by atoms with van der Waals surface area (Å²) in [6, 6.07) is 7.58. The molecule has 4 nitrogen and oxygen atoms in total. The van der Waals surface area contributed by atoms with Crippen LogP contribution in [0.5, 0.6) is 0 Å². The van der Waals surface area contributed by atoms with Crippen molar-refractivity contribution in [3.63, 3.8) is 0 Å². The van der Waals surface area contributed by atoms with E-state index in [-0.39, 0.29) is 11.9 Å². The third-order valence-corrected chi connectivity index (χ3v) is 4.22. The SMILES string of the molecule is Cn1ccc2c(C(=O)NC3CCCCC3O)cccc21. The summed E-state index contributed by atoms with van der Waals surface area (Å²) in [5.41, 5.74) is 1.72. The third-order valence-electron chi connectivity index (χ3n) is 4.22. The number of nitrogens with one attached hydrogen (secondary N) is 1. The zero-order valence-electron chi connectivity index (χ0n) is 11.7. The molecule has 0 radical (unpaired) electrons. The topological polar surface area (TPSA) is 54.3 Å². The van der Waals surface area contributed by atoms with Crippen molar-refractivity contribution < 1.29 is 9.90 Å². The molecular weight excluding hydrogens is 252 g/mol. The van der Waals surface area contributed by atoms with E-state index in [0.29, 0.717) is 5.56 Å². The number of aryl methyl sites for hydroxylation is 1. The molecule has 1 aliphatic carbocycles. The first-order chi connectivity index (χ1) is 9.66. The fourth-order valence-corrected chi connectivity index (χ4v) is 3.03. The minimum Gasteiger partial charge on any atom is -0.391 e. The molecule has 1 aromatic carbocycles. The fourth-order valence-electron chi connectivity index (χ4n) is 3.03. The molecule has 2 N–H and O–H groups in total. The summed E-state index contributed by atoms with van der Waals surface area (Å²) in [7, 11) is 1.97. The Morgan fingerprint density at radius 1 is 1.30 bits per heavy atom. The molecule has 1 aliphatic rings. The smallest absolute Gasteiger partial charge is 0.252 e. The Bertz CT molecular complexity index is 632. The van der Waals surface area contributed by atoms with Crippen molar-refractivity contribution >= 4 is 16.8 Å². The minimum absolute atomic E-state index is 0.0900. The molecule has 0 bridgehead atoms. The lowest BCUT2D eigenvalue weighted by molar-refractivity contribution is 0.0718. The highest BCUT2D eigenvalue weighted by Gasteiger charge is 2.25. The zero-order valence-corrected chi connectivity index (χ0v) is 11.7. The predicted octanol–water partition coefficient (Wildman–Crippen LogP) is 2.21. The summed E-state index contributed by atoms with van der Waals surface area (Å²) in [6.45, 7) is 0. The van der Waals surface area contributed by atoms with Gasteiger partial charge in [-0.1, -0.05) is 18.9 Å². The summed E-state index contributed by atoms with van der Waals surface area (Å²) in [5, 5.41) is 13.9. The van der Waals surface area contributed by atoms with Gasteiger partial charge in [-0.2, -0.15) is 0 Å². The van der Waals surface area contributed by atoms with Crippen LogP contribution in [0.15, 0.2) is 30.5 Å². The van der Waals surface area contributed by atoms with E-state index in [1.807, 2.05) is 42.1 Å². The molecule has 20 heavy (non-hydrogen) atoms. The third kappa shape index (κ3) is 2.31. The van der Waals surface area contributed by atoms with E-state index in [0.717, 1.165) is 36.6 Å². The second kappa shape index (κ2) is 5.29. The van der Waals surface area contributed by atoms with E-state index >= 15 is 0 Å². The average molecular weight is 272 g/mol. The van der Waals surface area contributed by atoms with Crippen LogP contribution in [0, 0.1) is 0 Å². The highest BCUT2D eigenvalue weighted by atomic mass is 16.3. The average Bonchev–Trinajstić information content (AvgIpc) is 2.83. The molecule has 1 saturated carbocycles. The van der Waals surface area contributed by atoms with Crippen LogP contribution < -0.4 is 5.32 Å². The van der Waals surface area contributed by atoms with Gasteiger partial charge in [-0.15, -0.1) is 0 Å². The van der Waals surface area contributed by atoms with Gasteiger partial charge in [-0.25, -0.2) is 0 Å². The van der Waals surface area contributed by atoms with Crippen molar-refractivity contribution in [1.82, 2.24) is 9.88 Å². The normalized spacial score (nSPS) is 22.9. The molecule has 2 unspecified atom stereocenters. The van der Waals surface area contributed by atoms with Crippen LogP contribution in [-0.4, -0.2) is 27.7 Å². The Labute approximate surface area is 118 Å². The summed E-state index contributed by atoms with van der Waals surface area (Å²) in [6.07, 6.45) is 5.29. The van der Waals surface area contributed by atoms with Crippen LogP contribution >= 0.6 is 0 Å². The molecule has 2 atom stereocenters. The second-order valence-corrected chi connectivity index (χ2v) is 5.60. The van der Waals surface area contributed by atoms with Crippen molar-refractivity contribution in [3.05, 3.63) is 36.0 Å². The quantitative estimate of drug-likeness (QED) is 0.880. The lowest BCUT2D eigenvalue weighted by atomic mass is 9.92. The van der Waals surface area contributed by atoms with Crippen LogP contribution in [0.3, 0.4) is 0 Å². The molecule has 106 valence electrons. The highest BCUT2D eigenvalue weighted by Crippen LogP contribution is 2.22. The monoisotopic (exact) mass is 272 g/mol. The largest absolute Gasteiger partial charge is 0.391 e. The first-order valence-corrected chi connectivity index (χ1v) is 7.20. The molecule has 2 aromatic rings. The van der Waals surface area contributed by atoms with Crippen LogP contribution in [0.2, 0.25) is 0 Å². The Balaban J connectivity index is 1.85. The molecule has 4 heteroatoms. The van der Waals surface area contributed by atoms with Gasteiger partial charge >= 0.3 is 0 Å². The van der Waals surface area contributed by atoms with Gasteiger partial charge in [-0.3, -0.25) is 4.79 Å². The van der Waals surface area contributed by atoms with Crippen LogP contribution in [-0.2, 0) is 7.05 Å². The maximum Gasteiger partial charge on any atom is 0.252 e. The molecule has 1 amide bonds. The number of aromatic nitrogens is 1. The molecule has 1 heterocycles. The van der Waals surface area contributed by atoms with E-state index in [2.05, 4.69) is 5.32 Å². The van der Waals surface area contributed by atoms with Gasteiger partial charge in [0.15, 0.2) is 0 Å². The number of carbonyl (C=O) groups is 1. The van der Waals surface area contributed by atoms with Crippen molar-refractivity contribution in [2.75, 3.05) is 0 Å². The molecule has 3 rings (SSSR count). The first-order valence-electron chi connectivity index (χ1n) is 7.20. The zero-order chi connectivity index (χ0) is 14.1. The number of rotatable bonds is 2. The molecule has 0 spiro atoms. The standard InChI is InChI=1S/C16H20N2O2/c1-18-10-9-11-12(5-4-7-14(11)18)16(20)17-13-6-2-3-8-15(13)19/h4-5,7,9-10,13,15,19H,2-3,6,8H2,1H3,(H,17,20). The van der Waals surface area contributed by atoms with E-state index in [1.165, 1.54) is 0 Å². The van der Waals surface area contributed by atoms with Gasteiger partial charge < -0.3 is 15.0 Å². The first kappa shape index (κ1) is 13.2. The summed E-state index contributed by atoms with van der Waals surface area (Å²) in [5.74, 6) is -0.0900. The van der Waals surface area contributed by atoms with E-state index < -0.39 is 6.10 Å². The second-order valence-electron chi connectivity index (χ2n) is 5.60. The maximum atomic E-state index is 12.5. The summed E-state index contributed by atoms with van der Waals surface area (Å²) >= 11 is 0. The highest BCUT2D eigenvalue weighted by molar-refractivity contribution is 6.06. The van der Waals surface area contributed by atoms with Gasteiger partial charge in [0, 0.05) is 29.7 Å². The number of aliphatic hydroxyl groups is 1. The van der Waals surface area contributed by atoms with Crippen molar-refractivity contribution in [2.24, 2.45) is 7.05 Å². The maximum absolute atomic E-state index is 12.5. The minimum atomic E-state index is -0.414. The van der Waals surface area contributed by atoms with Crippen LogP contribution in [0.25, 0.3) is 10.9 Å². The Morgan fingerprint density at radius 3 is 2.90 bits per heavy atom. The Hall–Kier alpha value is -1.81. The van der Waals surface area contributed by atoms with Gasteiger partial charge in [-0.05, 0) is 31.0 Å². The number of benzene rings is 1. The lowest BCUT2D eigenvalue weighted by Gasteiger charge is -2.28. The molecule has 1 aromatic heterocycles. The molecule has 0 saturated heterocycles. The number of hydrogen-bond acceptors (Lipinski definition) is 2. The Morgan fingerprint density at radius 2 is 2.10 bits per heavy atom. The summed E-state index contributed by atoms with van der Waals surface area (Å²) < 4.78 is 2.00. The number of hydrogen-bond donors (Lipinski definition) is 2. The number of aliphatic hydroxyl groups excluding tert-OH is 1. The van der Waals surface area contributed by atoms with E-state index in [4.69, 9.17) is 0 Å². The molecule has 0 aliphatic heterocycles. The van der Waals surface area contributed by atoms with Gasteiger partial charge in [0.05, 0.1) is 12.1 Å². The van der Waals surface area contributed by atoms with Gasteiger partial charge in [0.1, 0.15) is 0 Å². The van der Waals surface area contributed by atoms with Crippen molar-refractivity contribution in [1.29, 1.82) is 0 Å². The van der Waals surface area contributed by atoms with Gasteiger partial charge in [0.2, 0.25) is 0 Å². The van der Waals surface area contributed by atoms with Crippen molar-refractivity contribution in [2.45, 2.75) is 37.8 Å². The van der Waals surface area contributed by atoms with Gasteiger partial charge in [0.25, 0.3) is 5.91 Å². The van der Waals surface area contributed by atoms with Crippen molar-refractivity contribution in [3.8, 4) is 0 Å². The van der Waals surface area contributed by atoms with E-state index in [1.54, 1.807) is 0 Å². The Kier molecular flexibility index (Phi) is 3.49. The predicted molar refractivity (Wildman–Crippen MR) is 78.6 cm³/mol. The van der Waals surface area contributed by atoms with Crippen LogP contribution in [0.1, 0.15) is 36.0 Å². The number of fused-ring (bicyclic) bond motifs is 1. The van der Waals surface area contributed by atoms with Crippen LogP contribution in [0.4, 0.5) is 0 Å². The number of nitrogens with zero attached hydrogens (tertiary/aromatic N) is 1. The molecule has 1 fully saturated rings. The summed E-state index contributed by atoms with van der Waals surface area (Å²) in [4.78, 5) is 12.5. The number of amides is 1.